The molecule has 0 aromatic rings. The van der Waals surface area contributed by atoms with Crippen molar-refractivity contribution in [3.05, 3.63) is 0 Å². The third kappa shape index (κ3) is 6.26. The molecule has 1 aliphatic carbocycles. The predicted octanol–water partition coefficient (Wildman–Crippen LogP) is 3.73. The average Bonchev–Trinajstić information content (AvgIpc) is 2.23. The van der Waals surface area contributed by atoms with Gasteiger partial charge in [-0.1, -0.05) is 33.1 Å². The highest BCUT2D eigenvalue weighted by molar-refractivity contribution is 5.79. The molecule has 0 amide bonds. The fraction of sp³-hybridized carbons (Fsp3) is 0.929. The molecule has 1 rings (SSSR count). The Morgan fingerprint density at radius 2 is 2.12 bits per heavy atom. The Labute approximate surface area is 99.8 Å². The highest BCUT2D eigenvalue weighted by atomic mass is 16.5. The van der Waals surface area contributed by atoms with E-state index in [1.165, 1.54) is 19.3 Å². The summed E-state index contributed by atoms with van der Waals surface area (Å²) in [7, 11) is 0. The second-order valence-corrected chi connectivity index (χ2v) is 5.37. The van der Waals surface area contributed by atoms with Gasteiger partial charge in [0.2, 0.25) is 0 Å². The molecule has 1 saturated carbocycles. The Morgan fingerprint density at radius 1 is 1.31 bits per heavy atom. The van der Waals surface area contributed by atoms with Crippen LogP contribution in [0.1, 0.15) is 65.2 Å². The van der Waals surface area contributed by atoms with Gasteiger partial charge in [-0.25, -0.2) is 0 Å². The summed E-state index contributed by atoms with van der Waals surface area (Å²) in [5.74, 6) is 1.20. The van der Waals surface area contributed by atoms with Crippen LogP contribution in [0.2, 0.25) is 0 Å². The van der Waals surface area contributed by atoms with Crippen molar-refractivity contribution >= 4 is 5.78 Å². The Balaban J connectivity index is 1.92. The molecule has 0 heterocycles. The maximum absolute atomic E-state index is 11.2. The minimum atomic E-state index is 0.228. The molecule has 1 atom stereocenters. The Bertz CT molecular complexity index is 199. The number of hydrogen-bond acceptors (Lipinski definition) is 2. The van der Waals surface area contributed by atoms with E-state index in [0.717, 1.165) is 38.2 Å². The van der Waals surface area contributed by atoms with Crippen LogP contribution in [0.25, 0.3) is 0 Å². The van der Waals surface area contributed by atoms with E-state index in [1.54, 1.807) is 0 Å². The van der Waals surface area contributed by atoms with Gasteiger partial charge in [-0.2, -0.15) is 0 Å². The second-order valence-electron chi connectivity index (χ2n) is 5.37. The third-order valence-corrected chi connectivity index (χ3v) is 3.22. The molecule has 1 fully saturated rings. The van der Waals surface area contributed by atoms with Gasteiger partial charge in [0, 0.05) is 19.4 Å². The summed E-state index contributed by atoms with van der Waals surface area (Å²) in [6.45, 7) is 5.38. The molecule has 0 spiro atoms. The van der Waals surface area contributed by atoms with Crippen molar-refractivity contribution in [1.82, 2.24) is 0 Å². The Kier molecular flexibility index (Phi) is 6.70. The van der Waals surface area contributed by atoms with Crippen LogP contribution in [-0.4, -0.2) is 18.5 Å². The van der Waals surface area contributed by atoms with Gasteiger partial charge >= 0.3 is 0 Å². The molecular weight excluding hydrogens is 200 g/mol. The third-order valence-electron chi connectivity index (χ3n) is 3.22. The van der Waals surface area contributed by atoms with E-state index in [9.17, 15) is 4.79 Å². The van der Waals surface area contributed by atoms with E-state index in [2.05, 4.69) is 13.8 Å². The number of ether oxygens (including phenoxy) is 1. The normalized spacial score (nSPS) is 21.7. The number of carbonyl (C=O) groups excluding carboxylic acids is 1. The topological polar surface area (TPSA) is 26.3 Å². The lowest BCUT2D eigenvalue weighted by Gasteiger charge is -2.21. The van der Waals surface area contributed by atoms with Crippen molar-refractivity contribution in [2.75, 3.05) is 6.61 Å². The maximum atomic E-state index is 11.2. The molecule has 94 valence electrons. The quantitative estimate of drug-likeness (QED) is 0.618. The summed E-state index contributed by atoms with van der Waals surface area (Å²) in [6.07, 6.45) is 8.81. The molecule has 0 bridgehead atoms. The van der Waals surface area contributed by atoms with Gasteiger partial charge in [0.15, 0.2) is 0 Å². The summed E-state index contributed by atoms with van der Waals surface area (Å²) >= 11 is 0. The van der Waals surface area contributed by atoms with Crippen LogP contribution < -0.4 is 0 Å². The molecule has 0 aliphatic heterocycles. The Hall–Kier alpha value is -0.370. The van der Waals surface area contributed by atoms with Crippen LogP contribution in [0.4, 0.5) is 0 Å². The molecule has 2 heteroatoms. The monoisotopic (exact) mass is 226 g/mol. The van der Waals surface area contributed by atoms with Gasteiger partial charge in [0.1, 0.15) is 5.78 Å². The smallest absolute Gasteiger partial charge is 0.135 e. The maximum Gasteiger partial charge on any atom is 0.135 e. The lowest BCUT2D eigenvalue weighted by molar-refractivity contribution is -0.124. The number of unbranched alkanes of at least 4 members (excludes halogenated alkanes) is 2. The van der Waals surface area contributed by atoms with E-state index in [1.807, 2.05) is 0 Å². The molecule has 0 aromatic heterocycles. The van der Waals surface area contributed by atoms with E-state index < -0.39 is 0 Å². The lowest BCUT2D eigenvalue weighted by Crippen LogP contribution is -2.23. The zero-order chi connectivity index (χ0) is 11.8. The van der Waals surface area contributed by atoms with Gasteiger partial charge in [-0.15, -0.1) is 0 Å². The minimum Gasteiger partial charge on any atom is -0.378 e. The summed E-state index contributed by atoms with van der Waals surface area (Å²) in [5, 5.41) is 0. The number of rotatable bonds is 7. The first-order valence-electron chi connectivity index (χ1n) is 6.82. The summed E-state index contributed by atoms with van der Waals surface area (Å²) in [4.78, 5) is 11.2. The second kappa shape index (κ2) is 7.83. The van der Waals surface area contributed by atoms with Crippen LogP contribution in [-0.2, 0) is 9.53 Å². The zero-order valence-corrected chi connectivity index (χ0v) is 10.8. The van der Waals surface area contributed by atoms with Crippen LogP contribution in [0.15, 0.2) is 0 Å². The predicted molar refractivity (Wildman–Crippen MR) is 66.5 cm³/mol. The lowest BCUT2D eigenvalue weighted by atomic mass is 9.96. The molecular formula is C14H26O2. The largest absolute Gasteiger partial charge is 0.378 e. The van der Waals surface area contributed by atoms with E-state index in [-0.39, 0.29) is 6.10 Å². The molecule has 0 radical (unpaired) electrons. The van der Waals surface area contributed by atoms with Crippen molar-refractivity contribution in [3.8, 4) is 0 Å². The van der Waals surface area contributed by atoms with Gasteiger partial charge in [-0.05, 0) is 25.2 Å². The van der Waals surface area contributed by atoms with E-state index in [4.69, 9.17) is 4.74 Å². The van der Waals surface area contributed by atoms with Crippen LogP contribution in [0, 0.1) is 5.92 Å². The van der Waals surface area contributed by atoms with Crippen molar-refractivity contribution < 1.29 is 9.53 Å². The van der Waals surface area contributed by atoms with Crippen molar-refractivity contribution in [3.63, 3.8) is 0 Å². The van der Waals surface area contributed by atoms with Crippen molar-refractivity contribution in [2.45, 2.75) is 71.3 Å². The summed E-state index contributed by atoms with van der Waals surface area (Å²) in [6, 6.07) is 0. The number of ketones is 1. The van der Waals surface area contributed by atoms with E-state index >= 15 is 0 Å². The number of carbonyl (C=O) groups is 1. The van der Waals surface area contributed by atoms with Gasteiger partial charge in [0.05, 0.1) is 6.10 Å². The average molecular weight is 226 g/mol. The first kappa shape index (κ1) is 13.7. The first-order valence-corrected chi connectivity index (χ1v) is 6.82. The highest BCUT2D eigenvalue weighted by Crippen LogP contribution is 2.18. The molecule has 0 aromatic carbocycles. The molecule has 1 aliphatic rings. The van der Waals surface area contributed by atoms with Gasteiger partial charge in [0.25, 0.3) is 0 Å². The SMILES string of the molecule is CC(C)CCCCCOC1CCCC(=O)C1. The van der Waals surface area contributed by atoms with Gasteiger partial charge < -0.3 is 4.74 Å². The number of Topliss-reactive ketones (excluding diaryl/α,β-unsaturated/α-hetero) is 1. The standard InChI is InChI=1S/C14H26O2/c1-12(2)7-4-3-5-10-16-14-9-6-8-13(15)11-14/h12,14H,3-11H2,1-2H3. The molecule has 2 nitrogen and oxygen atoms in total. The molecule has 16 heavy (non-hydrogen) atoms. The fourth-order valence-corrected chi connectivity index (χ4v) is 2.21. The summed E-state index contributed by atoms with van der Waals surface area (Å²) in [5.41, 5.74) is 0. The first-order chi connectivity index (χ1) is 7.68. The van der Waals surface area contributed by atoms with Gasteiger partial charge in [-0.3, -0.25) is 4.79 Å². The van der Waals surface area contributed by atoms with Crippen molar-refractivity contribution in [2.24, 2.45) is 5.92 Å². The molecule has 0 N–H and O–H groups in total. The van der Waals surface area contributed by atoms with Crippen LogP contribution >= 0.6 is 0 Å². The minimum absolute atomic E-state index is 0.228. The fourth-order valence-electron chi connectivity index (χ4n) is 2.21. The van der Waals surface area contributed by atoms with E-state index in [0.29, 0.717) is 12.2 Å². The molecule has 1 unspecified atom stereocenters. The van der Waals surface area contributed by atoms with Crippen molar-refractivity contribution in [1.29, 1.82) is 0 Å². The summed E-state index contributed by atoms with van der Waals surface area (Å²) < 4.78 is 5.74. The van der Waals surface area contributed by atoms with Crippen LogP contribution in [0.3, 0.4) is 0 Å². The highest BCUT2D eigenvalue weighted by Gasteiger charge is 2.19. The zero-order valence-electron chi connectivity index (χ0n) is 10.8. The Morgan fingerprint density at radius 3 is 2.81 bits per heavy atom. The molecule has 0 saturated heterocycles. The van der Waals surface area contributed by atoms with Crippen LogP contribution in [0.5, 0.6) is 0 Å². The number of hydrogen-bond donors (Lipinski definition) is 0.